The van der Waals surface area contributed by atoms with Crippen molar-refractivity contribution in [3.63, 3.8) is 0 Å². The smallest absolute Gasteiger partial charge is 0.309 e. The Hall–Kier alpha value is -0.570. The highest BCUT2D eigenvalue weighted by atomic mass is 16.6. The van der Waals surface area contributed by atoms with E-state index in [2.05, 4.69) is 13.8 Å². The van der Waals surface area contributed by atoms with Crippen LogP contribution in [0.25, 0.3) is 0 Å². The molecule has 100 valence electrons. The van der Waals surface area contributed by atoms with Gasteiger partial charge in [0, 0.05) is 5.92 Å². The van der Waals surface area contributed by atoms with E-state index in [1.165, 1.54) is 12.8 Å². The van der Waals surface area contributed by atoms with E-state index in [-0.39, 0.29) is 23.6 Å². The fourth-order valence-corrected chi connectivity index (χ4v) is 5.14. The average Bonchev–Trinajstić information content (AvgIpc) is 2.91. The number of hydrogen-bond acceptors (Lipinski definition) is 3. The Bertz CT molecular complexity index is 420. The predicted molar refractivity (Wildman–Crippen MR) is 65.9 cm³/mol. The number of ether oxygens (including phenoxy) is 2. The molecule has 0 N–H and O–H groups in total. The van der Waals surface area contributed by atoms with E-state index in [0.29, 0.717) is 23.4 Å². The highest BCUT2D eigenvalue weighted by molar-refractivity contribution is 5.75. The average molecular weight is 250 g/mol. The van der Waals surface area contributed by atoms with Gasteiger partial charge in [-0.15, -0.1) is 0 Å². The third-order valence-corrected chi connectivity index (χ3v) is 6.42. The zero-order valence-corrected chi connectivity index (χ0v) is 11.4. The highest BCUT2D eigenvalue weighted by Gasteiger charge is 2.68. The van der Waals surface area contributed by atoms with E-state index in [1.54, 1.807) is 0 Å². The summed E-state index contributed by atoms with van der Waals surface area (Å²) in [5.74, 6) is 1.14. The first-order valence-corrected chi connectivity index (χ1v) is 7.32. The summed E-state index contributed by atoms with van der Waals surface area (Å²) in [6, 6.07) is 0. The minimum atomic E-state index is 0.0191. The molecule has 3 nitrogen and oxygen atoms in total. The lowest BCUT2D eigenvalue weighted by Gasteiger charge is -2.50. The van der Waals surface area contributed by atoms with Gasteiger partial charge in [-0.05, 0) is 43.9 Å². The number of carbonyl (C=O) groups excluding carboxylic acids is 1. The molecular formula is C15H22O3. The molecule has 0 aromatic carbocycles. The molecule has 4 aliphatic rings. The van der Waals surface area contributed by atoms with Crippen molar-refractivity contribution in [3.05, 3.63) is 0 Å². The van der Waals surface area contributed by atoms with Crippen molar-refractivity contribution in [1.29, 1.82) is 0 Å². The molecule has 0 spiro atoms. The lowest BCUT2D eigenvalue weighted by atomic mass is 9.53. The van der Waals surface area contributed by atoms with Gasteiger partial charge in [-0.25, -0.2) is 0 Å². The Labute approximate surface area is 108 Å². The summed E-state index contributed by atoms with van der Waals surface area (Å²) in [6.07, 6.45) is 5.23. The highest BCUT2D eigenvalue weighted by Crippen LogP contribution is 2.65. The van der Waals surface area contributed by atoms with Gasteiger partial charge in [-0.3, -0.25) is 4.79 Å². The maximum absolute atomic E-state index is 11.8. The number of epoxide rings is 1. The zero-order chi connectivity index (χ0) is 12.7. The van der Waals surface area contributed by atoms with Crippen LogP contribution in [0, 0.1) is 23.2 Å². The van der Waals surface area contributed by atoms with Crippen molar-refractivity contribution >= 4 is 5.97 Å². The molecule has 18 heavy (non-hydrogen) atoms. The second-order valence-corrected chi connectivity index (χ2v) is 7.40. The van der Waals surface area contributed by atoms with Gasteiger partial charge >= 0.3 is 5.97 Å². The van der Waals surface area contributed by atoms with E-state index in [0.717, 1.165) is 12.8 Å². The molecule has 4 rings (SSSR count). The third kappa shape index (κ3) is 1.21. The number of carbonyl (C=O) groups is 1. The van der Waals surface area contributed by atoms with E-state index in [9.17, 15) is 4.79 Å². The van der Waals surface area contributed by atoms with Gasteiger partial charge in [-0.2, -0.15) is 0 Å². The summed E-state index contributed by atoms with van der Waals surface area (Å²) in [5, 5.41) is 0. The van der Waals surface area contributed by atoms with Crippen LogP contribution < -0.4 is 0 Å². The van der Waals surface area contributed by atoms with E-state index >= 15 is 0 Å². The van der Waals surface area contributed by atoms with Gasteiger partial charge in [0.2, 0.25) is 0 Å². The van der Waals surface area contributed by atoms with E-state index < -0.39 is 0 Å². The molecule has 0 bridgehead atoms. The van der Waals surface area contributed by atoms with Gasteiger partial charge in [0.05, 0.1) is 17.6 Å². The number of hydrogen-bond donors (Lipinski definition) is 0. The van der Waals surface area contributed by atoms with Crippen molar-refractivity contribution in [1.82, 2.24) is 0 Å². The Balaban J connectivity index is 1.67. The van der Waals surface area contributed by atoms with Crippen LogP contribution in [0.4, 0.5) is 0 Å². The molecule has 2 saturated heterocycles. The van der Waals surface area contributed by atoms with Crippen LogP contribution in [0.15, 0.2) is 0 Å². The molecule has 4 fully saturated rings. The maximum Gasteiger partial charge on any atom is 0.309 e. The Morgan fingerprint density at radius 1 is 1.33 bits per heavy atom. The molecule has 2 heterocycles. The van der Waals surface area contributed by atoms with Crippen LogP contribution in [0.1, 0.15) is 46.5 Å². The maximum atomic E-state index is 11.8. The molecule has 0 radical (unpaired) electrons. The lowest BCUT2D eigenvalue weighted by molar-refractivity contribution is -0.146. The summed E-state index contributed by atoms with van der Waals surface area (Å²) < 4.78 is 11.6. The second-order valence-electron chi connectivity index (χ2n) is 7.40. The van der Waals surface area contributed by atoms with Gasteiger partial charge in [0.15, 0.2) is 0 Å². The van der Waals surface area contributed by atoms with Gasteiger partial charge in [-0.1, -0.05) is 13.8 Å². The molecule has 0 amide bonds. The minimum Gasteiger partial charge on any atom is -0.462 e. The number of esters is 1. The Morgan fingerprint density at radius 2 is 2.11 bits per heavy atom. The monoisotopic (exact) mass is 250 g/mol. The molecule has 3 heteroatoms. The lowest BCUT2D eigenvalue weighted by Crippen LogP contribution is -2.50. The van der Waals surface area contributed by atoms with E-state index in [4.69, 9.17) is 9.47 Å². The van der Waals surface area contributed by atoms with Crippen LogP contribution in [0.3, 0.4) is 0 Å². The van der Waals surface area contributed by atoms with Crippen LogP contribution >= 0.6 is 0 Å². The Kier molecular flexibility index (Phi) is 1.95. The first-order chi connectivity index (χ1) is 8.44. The standard InChI is InChI=1S/C15H22O3/c1-8-9-6-11-14(2,7-10(9)17-13(8)16)5-4-12-15(11,3)18-12/h8-12H,4-7H2,1-3H3/t8-,9-,10-,11-,12?,14-,15?/m1/s1. The van der Waals surface area contributed by atoms with Crippen LogP contribution in [-0.4, -0.2) is 23.8 Å². The summed E-state index contributed by atoms with van der Waals surface area (Å²) in [7, 11) is 0. The second kappa shape index (κ2) is 3.12. The van der Waals surface area contributed by atoms with Crippen molar-refractivity contribution < 1.29 is 14.3 Å². The number of fused-ring (bicyclic) bond motifs is 4. The molecule has 0 aromatic heterocycles. The van der Waals surface area contributed by atoms with Gasteiger partial charge in [0.1, 0.15) is 6.10 Å². The van der Waals surface area contributed by atoms with E-state index in [1.807, 2.05) is 6.92 Å². The van der Waals surface area contributed by atoms with Gasteiger partial charge in [0.25, 0.3) is 0 Å². The third-order valence-electron chi connectivity index (χ3n) is 6.42. The topological polar surface area (TPSA) is 38.8 Å². The molecular weight excluding hydrogens is 228 g/mol. The molecule has 0 aromatic rings. The van der Waals surface area contributed by atoms with Crippen molar-refractivity contribution in [3.8, 4) is 0 Å². The van der Waals surface area contributed by atoms with Crippen LogP contribution in [-0.2, 0) is 14.3 Å². The van der Waals surface area contributed by atoms with Crippen LogP contribution in [0.5, 0.6) is 0 Å². The van der Waals surface area contributed by atoms with Crippen molar-refractivity contribution in [2.24, 2.45) is 23.2 Å². The molecule has 2 aliphatic heterocycles. The molecule has 2 saturated carbocycles. The SMILES string of the molecule is C[C@H]1C(=O)O[C@@H]2C[C@@]3(C)CCC4OC4(C)[C@@H]3C[C@@H]21. The quantitative estimate of drug-likeness (QED) is 0.490. The molecule has 7 atom stereocenters. The number of rotatable bonds is 0. The minimum absolute atomic E-state index is 0.0191. The fourth-order valence-electron chi connectivity index (χ4n) is 5.14. The summed E-state index contributed by atoms with van der Waals surface area (Å²) >= 11 is 0. The fraction of sp³-hybridized carbons (Fsp3) is 0.933. The van der Waals surface area contributed by atoms with Crippen molar-refractivity contribution in [2.75, 3.05) is 0 Å². The summed E-state index contributed by atoms with van der Waals surface area (Å²) in [4.78, 5) is 11.8. The first kappa shape index (κ1) is 11.3. The molecule has 2 aliphatic carbocycles. The largest absolute Gasteiger partial charge is 0.462 e. The Morgan fingerprint density at radius 3 is 2.89 bits per heavy atom. The van der Waals surface area contributed by atoms with Crippen LogP contribution in [0.2, 0.25) is 0 Å². The first-order valence-electron chi connectivity index (χ1n) is 7.32. The summed E-state index contributed by atoms with van der Waals surface area (Å²) in [5.41, 5.74) is 0.413. The molecule has 2 unspecified atom stereocenters. The zero-order valence-electron chi connectivity index (χ0n) is 11.4. The summed E-state index contributed by atoms with van der Waals surface area (Å²) in [6.45, 7) is 6.70. The predicted octanol–water partition coefficient (Wildman–Crippen LogP) is 2.53. The van der Waals surface area contributed by atoms with Crippen molar-refractivity contribution in [2.45, 2.75) is 64.3 Å². The van der Waals surface area contributed by atoms with Gasteiger partial charge < -0.3 is 9.47 Å². The normalized spacial score (nSPS) is 61.5.